The summed E-state index contributed by atoms with van der Waals surface area (Å²) in [7, 11) is 0. The maximum Gasteiger partial charge on any atom is 0.248 e. The Hall–Kier alpha value is -3.18. The van der Waals surface area contributed by atoms with Crippen LogP contribution in [0.25, 0.3) is 33.4 Å². The second-order valence-electron chi connectivity index (χ2n) is 3.85. The van der Waals surface area contributed by atoms with Gasteiger partial charge in [-0.25, -0.2) is 0 Å². The van der Waals surface area contributed by atoms with E-state index >= 15 is 0 Å². The fourth-order valence-electron chi connectivity index (χ4n) is 1.73. The van der Waals surface area contributed by atoms with E-state index in [1.807, 2.05) is 6.07 Å². The van der Waals surface area contributed by atoms with Crippen molar-refractivity contribution in [3.63, 3.8) is 0 Å². The molecule has 2 aromatic heterocycles. The van der Waals surface area contributed by atoms with Crippen LogP contribution >= 0.6 is 0 Å². The van der Waals surface area contributed by atoms with E-state index in [9.17, 15) is 0 Å². The summed E-state index contributed by atoms with van der Waals surface area (Å²) >= 11 is 0. The number of hydrogen-bond donors (Lipinski definition) is 0. The lowest BCUT2D eigenvalue weighted by atomic mass is 10.2. The molecule has 7 heteroatoms. The van der Waals surface area contributed by atoms with Crippen LogP contribution in [0, 0.1) is 0 Å². The molecule has 3 rings (SSSR count). The van der Waals surface area contributed by atoms with Gasteiger partial charge >= 0.3 is 0 Å². The Morgan fingerprint density at radius 3 is 2.55 bits per heavy atom. The maximum absolute atomic E-state index is 8.56. The Morgan fingerprint density at radius 2 is 1.75 bits per heavy atom. The Morgan fingerprint density at radius 1 is 1.00 bits per heavy atom. The molecule has 0 saturated heterocycles. The molecular weight excluding hydrogens is 256 g/mol. The molecule has 0 bridgehead atoms. The Labute approximate surface area is 113 Å². The van der Waals surface area contributed by atoms with Crippen molar-refractivity contribution >= 4 is 5.69 Å². The number of rotatable bonds is 3. The van der Waals surface area contributed by atoms with Crippen molar-refractivity contribution in [1.29, 1.82) is 0 Å². The van der Waals surface area contributed by atoms with Crippen LogP contribution < -0.4 is 0 Å². The van der Waals surface area contributed by atoms with Gasteiger partial charge in [0, 0.05) is 28.4 Å². The predicted molar refractivity (Wildman–Crippen MR) is 71.8 cm³/mol. The Bertz CT molecular complexity index is 776. The molecule has 0 fully saturated rings. The minimum absolute atomic E-state index is 0.305. The summed E-state index contributed by atoms with van der Waals surface area (Å²) in [6.45, 7) is 0. The van der Waals surface area contributed by atoms with Crippen molar-refractivity contribution in [2.45, 2.75) is 0 Å². The second-order valence-corrected chi connectivity index (χ2v) is 3.85. The van der Waals surface area contributed by atoms with Crippen LogP contribution in [0.1, 0.15) is 0 Å². The number of azide groups is 1. The van der Waals surface area contributed by atoms with Crippen molar-refractivity contribution < 1.29 is 4.42 Å². The first-order valence-electron chi connectivity index (χ1n) is 5.77. The highest BCUT2D eigenvalue weighted by Crippen LogP contribution is 2.30. The minimum atomic E-state index is 0.305. The summed E-state index contributed by atoms with van der Waals surface area (Å²) in [5.74, 6) is 0.693. The van der Waals surface area contributed by atoms with Crippen LogP contribution in [0.15, 0.2) is 58.3 Å². The van der Waals surface area contributed by atoms with Crippen LogP contribution in [-0.4, -0.2) is 15.2 Å². The lowest BCUT2D eigenvalue weighted by molar-refractivity contribution is 0.584. The number of aromatic nitrogens is 3. The first kappa shape index (κ1) is 11.9. The van der Waals surface area contributed by atoms with Gasteiger partial charge in [0.05, 0.1) is 5.69 Å². The molecule has 96 valence electrons. The molecule has 0 unspecified atom stereocenters. The van der Waals surface area contributed by atoms with E-state index in [1.165, 1.54) is 0 Å². The topological polar surface area (TPSA) is 101 Å². The molecule has 7 nitrogen and oxygen atoms in total. The van der Waals surface area contributed by atoms with Crippen LogP contribution in [0.5, 0.6) is 0 Å². The van der Waals surface area contributed by atoms with Gasteiger partial charge in [0.15, 0.2) is 0 Å². The second kappa shape index (κ2) is 5.21. The van der Waals surface area contributed by atoms with E-state index in [4.69, 9.17) is 9.95 Å². The fraction of sp³-hybridized carbons (Fsp3) is 0. The van der Waals surface area contributed by atoms with E-state index in [1.54, 1.807) is 42.7 Å². The third-order valence-corrected chi connectivity index (χ3v) is 2.64. The molecule has 3 aromatic rings. The highest BCUT2D eigenvalue weighted by molar-refractivity contribution is 5.70. The first-order valence-corrected chi connectivity index (χ1v) is 5.77. The van der Waals surface area contributed by atoms with Crippen molar-refractivity contribution in [2.75, 3.05) is 0 Å². The van der Waals surface area contributed by atoms with E-state index in [0.717, 1.165) is 5.56 Å². The summed E-state index contributed by atoms with van der Waals surface area (Å²) < 4.78 is 5.61. The predicted octanol–water partition coefficient (Wildman–Crippen LogP) is 3.74. The number of pyridine rings is 1. The highest BCUT2D eigenvalue weighted by Gasteiger charge is 2.12. The zero-order chi connectivity index (χ0) is 13.8. The van der Waals surface area contributed by atoms with Crippen molar-refractivity contribution in [3.8, 4) is 22.9 Å². The van der Waals surface area contributed by atoms with Gasteiger partial charge in [0.2, 0.25) is 11.8 Å². The fourth-order valence-corrected chi connectivity index (χ4v) is 1.73. The molecule has 1 aromatic carbocycles. The molecule has 2 heterocycles. The maximum atomic E-state index is 8.56. The molecular formula is C13H8N6O. The minimum Gasteiger partial charge on any atom is -0.416 e. The zero-order valence-corrected chi connectivity index (χ0v) is 10.2. The van der Waals surface area contributed by atoms with Gasteiger partial charge in [-0.2, -0.15) is 0 Å². The molecule has 0 aliphatic heterocycles. The number of hydrogen-bond acceptors (Lipinski definition) is 5. The van der Waals surface area contributed by atoms with Crippen LogP contribution in [0.2, 0.25) is 0 Å². The van der Waals surface area contributed by atoms with Crippen LogP contribution in [0.4, 0.5) is 5.69 Å². The lowest BCUT2D eigenvalue weighted by Gasteiger charge is -1.98. The Kier molecular flexibility index (Phi) is 3.10. The van der Waals surface area contributed by atoms with E-state index in [0.29, 0.717) is 23.0 Å². The molecule has 0 spiro atoms. The summed E-state index contributed by atoms with van der Waals surface area (Å²) in [6, 6.07) is 10.6. The highest BCUT2D eigenvalue weighted by atomic mass is 16.4. The summed E-state index contributed by atoms with van der Waals surface area (Å²) in [4.78, 5) is 6.71. The largest absolute Gasteiger partial charge is 0.416 e. The van der Waals surface area contributed by atoms with Gasteiger partial charge in [-0.15, -0.1) is 10.2 Å². The van der Waals surface area contributed by atoms with Crippen LogP contribution in [-0.2, 0) is 0 Å². The standard InChI is InChI=1S/C13H8N6O/c14-19-16-11-4-2-1-3-10(11)13-18-17-12(20-13)9-5-7-15-8-6-9/h1-8H. The SMILES string of the molecule is [N-]=[N+]=Nc1ccccc1-c1nnc(-c2ccncc2)o1. The average molecular weight is 264 g/mol. The molecule has 0 saturated carbocycles. The monoisotopic (exact) mass is 264 g/mol. The van der Waals surface area contributed by atoms with Gasteiger partial charge in [-0.3, -0.25) is 4.98 Å². The first-order chi connectivity index (χ1) is 9.88. The molecule has 0 atom stereocenters. The van der Waals surface area contributed by atoms with Crippen molar-refractivity contribution in [3.05, 3.63) is 59.2 Å². The quantitative estimate of drug-likeness (QED) is 0.408. The van der Waals surface area contributed by atoms with Crippen LogP contribution in [0.3, 0.4) is 0 Å². The molecule has 0 N–H and O–H groups in total. The van der Waals surface area contributed by atoms with E-state index in [-0.39, 0.29) is 0 Å². The number of nitrogens with zero attached hydrogens (tertiary/aromatic N) is 6. The lowest BCUT2D eigenvalue weighted by Crippen LogP contribution is -1.78. The molecule has 0 aliphatic carbocycles. The van der Waals surface area contributed by atoms with Crippen molar-refractivity contribution in [1.82, 2.24) is 15.2 Å². The molecule has 20 heavy (non-hydrogen) atoms. The van der Waals surface area contributed by atoms with Gasteiger partial charge < -0.3 is 4.42 Å². The van der Waals surface area contributed by atoms with E-state index in [2.05, 4.69) is 25.2 Å². The molecule has 0 aliphatic rings. The molecule has 0 amide bonds. The Balaban J connectivity index is 2.05. The summed E-state index contributed by atoms with van der Waals surface area (Å²) in [5, 5.41) is 11.6. The normalized spacial score (nSPS) is 10.0. The van der Waals surface area contributed by atoms with Gasteiger partial charge in [-0.1, -0.05) is 23.3 Å². The van der Waals surface area contributed by atoms with Gasteiger partial charge in [0.25, 0.3) is 0 Å². The summed E-state index contributed by atoms with van der Waals surface area (Å²) in [6.07, 6.45) is 3.29. The summed E-state index contributed by atoms with van der Waals surface area (Å²) in [5.41, 5.74) is 10.4. The molecule has 0 radical (unpaired) electrons. The van der Waals surface area contributed by atoms with Gasteiger partial charge in [-0.05, 0) is 23.7 Å². The smallest absolute Gasteiger partial charge is 0.248 e. The zero-order valence-electron chi connectivity index (χ0n) is 10.2. The number of benzene rings is 1. The third-order valence-electron chi connectivity index (χ3n) is 2.64. The van der Waals surface area contributed by atoms with Crippen molar-refractivity contribution in [2.24, 2.45) is 5.11 Å². The van der Waals surface area contributed by atoms with Gasteiger partial charge in [0.1, 0.15) is 0 Å². The third kappa shape index (κ3) is 2.21. The average Bonchev–Trinajstić information content (AvgIpc) is 2.99. The van der Waals surface area contributed by atoms with E-state index < -0.39 is 0 Å².